The van der Waals surface area contributed by atoms with E-state index in [9.17, 15) is 8.78 Å². The van der Waals surface area contributed by atoms with Crippen LogP contribution in [0.1, 0.15) is 5.56 Å². The number of benzene rings is 2. The number of hydrogen-bond acceptors (Lipinski definition) is 1. The van der Waals surface area contributed by atoms with Crippen molar-refractivity contribution in [2.24, 2.45) is 0 Å². The fraction of sp³-hybridized carbons (Fsp3) is 0. The van der Waals surface area contributed by atoms with Crippen molar-refractivity contribution >= 4 is 39.1 Å². The molecule has 0 amide bonds. The van der Waals surface area contributed by atoms with E-state index in [1.165, 1.54) is 0 Å². The zero-order valence-electron chi connectivity index (χ0n) is 8.02. The molecular formula is C12H6F2IN. The standard InChI is InChI=1S/C12H6F2IN/c1-2-8-11-6(4-9(13)12(8)14)3-7(16)5-10(11)15/h1,3-5H,16H2. The Hall–Kier alpha value is -1.35. The molecule has 0 aromatic heterocycles. The Labute approximate surface area is 105 Å². The maximum Gasteiger partial charge on any atom is 0.175 e. The average Bonchev–Trinajstić information content (AvgIpc) is 2.20. The number of nitrogens with two attached hydrogens (primary N) is 1. The molecule has 2 aromatic carbocycles. The van der Waals surface area contributed by atoms with Crippen LogP contribution in [0.2, 0.25) is 0 Å². The summed E-state index contributed by atoms with van der Waals surface area (Å²) < 4.78 is 27.4. The van der Waals surface area contributed by atoms with Gasteiger partial charge in [-0.25, -0.2) is 8.78 Å². The Morgan fingerprint density at radius 2 is 1.94 bits per heavy atom. The van der Waals surface area contributed by atoms with Gasteiger partial charge in [-0.3, -0.25) is 0 Å². The van der Waals surface area contributed by atoms with Crippen LogP contribution in [0.5, 0.6) is 0 Å². The lowest BCUT2D eigenvalue weighted by Crippen LogP contribution is -1.96. The van der Waals surface area contributed by atoms with Crippen LogP contribution >= 0.6 is 22.6 Å². The SMILES string of the molecule is C#Cc1c(F)c(F)cc2cc(N)cc(I)c12. The van der Waals surface area contributed by atoms with Gasteiger partial charge in [0.2, 0.25) is 0 Å². The second-order valence-corrected chi connectivity index (χ2v) is 4.45. The molecule has 2 rings (SSSR count). The number of terminal acetylenes is 1. The number of hydrogen-bond donors (Lipinski definition) is 1. The predicted molar refractivity (Wildman–Crippen MR) is 68.9 cm³/mol. The van der Waals surface area contributed by atoms with E-state index in [0.717, 1.165) is 6.07 Å². The summed E-state index contributed by atoms with van der Waals surface area (Å²) in [6, 6.07) is 4.34. The molecule has 0 bridgehead atoms. The summed E-state index contributed by atoms with van der Waals surface area (Å²) >= 11 is 2.00. The van der Waals surface area contributed by atoms with E-state index in [1.54, 1.807) is 12.1 Å². The van der Waals surface area contributed by atoms with Gasteiger partial charge in [-0.1, -0.05) is 5.92 Å². The van der Waals surface area contributed by atoms with Crippen LogP contribution in [0.3, 0.4) is 0 Å². The van der Waals surface area contributed by atoms with E-state index >= 15 is 0 Å². The minimum absolute atomic E-state index is 0.0561. The van der Waals surface area contributed by atoms with Crippen molar-refractivity contribution in [1.29, 1.82) is 0 Å². The number of rotatable bonds is 0. The van der Waals surface area contributed by atoms with Crippen LogP contribution in [0, 0.1) is 27.5 Å². The summed E-state index contributed by atoms with van der Waals surface area (Å²) in [7, 11) is 0. The molecule has 0 unspecified atom stereocenters. The van der Waals surface area contributed by atoms with Gasteiger partial charge < -0.3 is 5.73 Å². The van der Waals surface area contributed by atoms with Gasteiger partial charge in [0.05, 0.1) is 5.56 Å². The van der Waals surface area contributed by atoms with Gasteiger partial charge in [-0.05, 0) is 46.2 Å². The first-order chi connectivity index (χ1) is 7.54. The zero-order chi connectivity index (χ0) is 11.9. The molecule has 2 N–H and O–H groups in total. The Morgan fingerprint density at radius 1 is 1.25 bits per heavy atom. The van der Waals surface area contributed by atoms with Crippen molar-refractivity contribution in [2.75, 3.05) is 5.73 Å². The highest BCUT2D eigenvalue weighted by atomic mass is 127. The molecule has 16 heavy (non-hydrogen) atoms. The summed E-state index contributed by atoms with van der Waals surface area (Å²) in [6.07, 6.45) is 5.20. The molecule has 0 radical (unpaired) electrons. The number of halogens is 3. The third-order valence-corrected chi connectivity index (χ3v) is 3.10. The summed E-state index contributed by atoms with van der Waals surface area (Å²) in [5.74, 6) is 0.234. The summed E-state index contributed by atoms with van der Waals surface area (Å²) in [5.41, 5.74) is 6.07. The van der Waals surface area contributed by atoms with Crippen molar-refractivity contribution < 1.29 is 8.78 Å². The normalized spacial score (nSPS) is 10.4. The number of fused-ring (bicyclic) bond motifs is 1. The van der Waals surface area contributed by atoms with Gasteiger partial charge in [-0.15, -0.1) is 6.42 Å². The Morgan fingerprint density at radius 3 is 2.56 bits per heavy atom. The molecular weight excluding hydrogens is 323 g/mol. The monoisotopic (exact) mass is 329 g/mol. The highest BCUT2D eigenvalue weighted by Gasteiger charge is 2.14. The van der Waals surface area contributed by atoms with Crippen LogP contribution in [-0.2, 0) is 0 Å². The fourth-order valence-corrected chi connectivity index (χ4v) is 2.53. The molecule has 0 heterocycles. The maximum absolute atomic E-state index is 13.5. The number of anilines is 1. The van der Waals surface area contributed by atoms with E-state index in [0.29, 0.717) is 20.0 Å². The van der Waals surface area contributed by atoms with Crippen LogP contribution in [0.25, 0.3) is 10.8 Å². The van der Waals surface area contributed by atoms with Gasteiger partial charge in [0.1, 0.15) is 0 Å². The van der Waals surface area contributed by atoms with Crippen LogP contribution < -0.4 is 5.73 Å². The summed E-state index contributed by atoms with van der Waals surface area (Å²) in [5, 5.41) is 1.03. The van der Waals surface area contributed by atoms with Gasteiger partial charge in [-0.2, -0.15) is 0 Å². The molecule has 2 aromatic rings. The van der Waals surface area contributed by atoms with E-state index in [2.05, 4.69) is 5.92 Å². The van der Waals surface area contributed by atoms with Crippen LogP contribution in [-0.4, -0.2) is 0 Å². The first kappa shape index (κ1) is 11.1. The molecule has 0 spiro atoms. The molecule has 0 fully saturated rings. The van der Waals surface area contributed by atoms with E-state index in [4.69, 9.17) is 12.2 Å². The quantitative estimate of drug-likeness (QED) is 0.448. The minimum Gasteiger partial charge on any atom is -0.399 e. The lowest BCUT2D eigenvalue weighted by molar-refractivity contribution is 0.509. The first-order valence-corrected chi connectivity index (χ1v) is 5.46. The van der Waals surface area contributed by atoms with Gasteiger partial charge in [0, 0.05) is 14.6 Å². The van der Waals surface area contributed by atoms with Gasteiger partial charge in [0.25, 0.3) is 0 Å². The van der Waals surface area contributed by atoms with Crippen molar-refractivity contribution in [3.8, 4) is 12.3 Å². The molecule has 1 nitrogen and oxygen atoms in total. The molecule has 80 valence electrons. The minimum atomic E-state index is -0.988. The second kappa shape index (κ2) is 3.91. The van der Waals surface area contributed by atoms with Crippen LogP contribution in [0.4, 0.5) is 14.5 Å². The third-order valence-electron chi connectivity index (χ3n) is 2.25. The lowest BCUT2D eigenvalue weighted by atomic mass is 10.0. The molecule has 0 saturated heterocycles. The van der Waals surface area contributed by atoms with Crippen LogP contribution in [0.15, 0.2) is 18.2 Å². The molecule has 0 aliphatic carbocycles. The largest absolute Gasteiger partial charge is 0.399 e. The van der Waals surface area contributed by atoms with Crippen molar-refractivity contribution in [1.82, 2.24) is 0 Å². The van der Waals surface area contributed by atoms with Gasteiger partial charge in [0.15, 0.2) is 11.6 Å². The molecule has 0 aliphatic heterocycles. The van der Waals surface area contributed by atoms with E-state index < -0.39 is 11.6 Å². The Kier molecular flexibility index (Phi) is 2.72. The molecule has 0 atom stereocenters. The van der Waals surface area contributed by atoms with Crippen molar-refractivity contribution in [2.45, 2.75) is 0 Å². The third kappa shape index (κ3) is 1.61. The molecule has 0 saturated carbocycles. The molecule has 4 heteroatoms. The maximum atomic E-state index is 13.5. The first-order valence-electron chi connectivity index (χ1n) is 4.38. The topological polar surface area (TPSA) is 26.0 Å². The smallest absolute Gasteiger partial charge is 0.175 e. The van der Waals surface area contributed by atoms with Crippen molar-refractivity contribution in [3.05, 3.63) is 39.0 Å². The fourth-order valence-electron chi connectivity index (χ4n) is 1.59. The zero-order valence-corrected chi connectivity index (χ0v) is 10.2. The Balaban J connectivity index is 3.04. The lowest BCUT2D eigenvalue weighted by Gasteiger charge is -2.07. The van der Waals surface area contributed by atoms with Crippen molar-refractivity contribution in [3.63, 3.8) is 0 Å². The highest BCUT2D eigenvalue weighted by Crippen LogP contribution is 2.29. The Bertz CT molecular complexity index is 629. The highest BCUT2D eigenvalue weighted by molar-refractivity contribution is 14.1. The summed E-state index contributed by atoms with van der Waals surface area (Å²) in [4.78, 5) is 0. The van der Waals surface area contributed by atoms with E-state index in [-0.39, 0.29) is 5.56 Å². The number of nitrogen functional groups attached to an aromatic ring is 1. The van der Waals surface area contributed by atoms with Gasteiger partial charge >= 0.3 is 0 Å². The molecule has 0 aliphatic rings. The predicted octanol–water partition coefficient (Wildman–Crippen LogP) is 3.29. The second-order valence-electron chi connectivity index (χ2n) is 3.29. The van der Waals surface area contributed by atoms with E-state index in [1.807, 2.05) is 22.6 Å². The average molecular weight is 329 g/mol. The summed E-state index contributed by atoms with van der Waals surface area (Å²) in [6.45, 7) is 0.